The molecular weight excluding hydrogens is 296 g/mol. The Morgan fingerprint density at radius 1 is 0.750 bits per heavy atom. The molecule has 3 nitrogen and oxygen atoms in total. The van der Waals surface area contributed by atoms with Crippen LogP contribution in [-0.4, -0.2) is 7.11 Å². The van der Waals surface area contributed by atoms with Crippen molar-refractivity contribution < 1.29 is 4.74 Å². The molecule has 0 bridgehead atoms. The van der Waals surface area contributed by atoms with Crippen molar-refractivity contribution in [1.29, 1.82) is 0 Å². The molecule has 0 saturated carbocycles. The van der Waals surface area contributed by atoms with Crippen molar-refractivity contribution in [2.45, 2.75) is 12.2 Å². The molecule has 2 N–H and O–H groups in total. The van der Waals surface area contributed by atoms with Crippen molar-refractivity contribution in [1.82, 2.24) is 5.32 Å². The molecular formula is C21H20N2O. The number of anilines is 1. The third kappa shape index (κ3) is 2.74. The Labute approximate surface area is 142 Å². The summed E-state index contributed by atoms with van der Waals surface area (Å²) < 4.78 is 5.26. The van der Waals surface area contributed by atoms with E-state index in [-0.39, 0.29) is 12.2 Å². The Bertz CT molecular complexity index is 815. The molecule has 0 unspecified atom stereocenters. The largest absolute Gasteiger partial charge is 0.497 e. The number of hydrogen-bond acceptors (Lipinski definition) is 3. The number of methoxy groups -OCH3 is 1. The van der Waals surface area contributed by atoms with E-state index in [1.54, 1.807) is 7.11 Å². The Morgan fingerprint density at radius 2 is 1.46 bits per heavy atom. The Balaban J connectivity index is 1.72. The fourth-order valence-electron chi connectivity index (χ4n) is 3.23. The van der Waals surface area contributed by atoms with E-state index in [0.717, 1.165) is 5.75 Å². The van der Waals surface area contributed by atoms with Crippen LogP contribution in [0.25, 0.3) is 0 Å². The van der Waals surface area contributed by atoms with Crippen LogP contribution in [0.3, 0.4) is 0 Å². The fraction of sp³-hybridized carbons (Fsp3) is 0.143. The molecule has 0 spiro atoms. The molecule has 120 valence electrons. The highest BCUT2D eigenvalue weighted by Gasteiger charge is 2.27. The molecule has 0 aliphatic carbocycles. The van der Waals surface area contributed by atoms with Gasteiger partial charge in [-0.15, -0.1) is 0 Å². The van der Waals surface area contributed by atoms with Crippen LogP contribution in [0.4, 0.5) is 5.69 Å². The number of nitrogens with one attached hydrogen (secondary N) is 2. The summed E-state index contributed by atoms with van der Waals surface area (Å²) in [5, 5.41) is 7.33. The zero-order chi connectivity index (χ0) is 16.4. The summed E-state index contributed by atoms with van der Waals surface area (Å²) in [5.74, 6) is 0.870. The molecule has 2 atom stereocenters. The summed E-state index contributed by atoms with van der Waals surface area (Å²) in [6, 6.07) is 27.4. The van der Waals surface area contributed by atoms with E-state index in [4.69, 9.17) is 4.74 Å². The molecule has 3 aromatic rings. The number of ether oxygens (including phenoxy) is 1. The molecule has 0 saturated heterocycles. The zero-order valence-corrected chi connectivity index (χ0v) is 13.6. The van der Waals surface area contributed by atoms with Gasteiger partial charge in [-0.05, 0) is 34.9 Å². The van der Waals surface area contributed by atoms with Crippen LogP contribution < -0.4 is 15.4 Å². The Hall–Kier alpha value is -2.78. The molecule has 3 heteroatoms. The Morgan fingerprint density at radius 3 is 2.21 bits per heavy atom. The van der Waals surface area contributed by atoms with Crippen molar-refractivity contribution in [3.63, 3.8) is 0 Å². The lowest BCUT2D eigenvalue weighted by atomic mass is 9.93. The highest BCUT2D eigenvalue weighted by atomic mass is 16.5. The summed E-state index contributed by atoms with van der Waals surface area (Å²) in [7, 11) is 1.69. The molecule has 1 heterocycles. The van der Waals surface area contributed by atoms with E-state index < -0.39 is 0 Å². The highest BCUT2D eigenvalue weighted by Crippen LogP contribution is 2.36. The Kier molecular flexibility index (Phi) is 3.93. The van der Waals surface area contributed by atoms with Crippen LogP contribution in [0.5, 0.6) is 5.75 Å². The van der Waals surface area contributed by atoms with E-state index in [0.29, 0.717) is 0 Å². The van der Waals surface area contributed by atoms with Crippen molar-refractivity contribution in [3.05, 3.63) is 95.6 Å². The summed E-state index contributed by atoms with van der Waals surface area (Å²) in [6.45, 7) is 0. The molecule has 3 aromatic carbocycles. The van der Waals surface area contributed by atoms with Crippen LogP contribution in [-0.2, 0) is 0 Å². The second kappa shape index (κ2) is 6.38. The van der Waals surface area contributed by atoms with Gasteiger partial charge in [-0.25, -0.2) is 0 Å². The quantitative estimate of drug-likeness (QED) is 0.746. The van der Waals surface area contributed by atoms with Gasteiger partial charge in [0.25, 0.3) is 0 Å². The molecule has 0 fully saturated rings. The van der Waals surface area contributed by atoms with E-state index in [2.05, 4.69) is 77.4 Å². The monoisotopic (exact) mass is 316 g/mol. The van der Waals surface area contributed by atoms with Crippen LogP contribution in [0.2, 0.25) is 0 Å². The number of benzene rings is 3. The van der Waals surface area contributed by atoms with Crippen molar-refractivity contribution in [2.24, 2.45) is 0 Å². The highest BCUT2D eigenvalue weighted by molar-refractivity contribution is 5.58. The number of para-hydroxylation sites is 1. The van der Waals surface area contributed by atoms with Gasteiger partial charge in [0.2, 0.25) is 0 Å². The normalized spacial score (nSPS) is 19.2. The van der Waals surface area contributed by atoms with Gasteiger partial charge in [0.1, 0.15) is 11.9 Å². The SMILES string of the molecule is COc1ccc([C@H]2Nc3ccccc3[C@H](c3ccccc3)N2)cc1. The van der Waals surface area contributed by atoms with E-state index in [1.165, 1.54) is 22.4 Å². The van der Waals surface area contributed by atoms with E-state index in [9.17, 15) is 0 Å². The fourth-order valence-corrected chi connectivity index (χ4v) is 3.23. The number of rotatable bonds is 3. The molecule has 0 aromatic heterocycles. The average Bonchev–Trinajstić information content (AvgIpc) is 2.68. The first-order valence-corrected chi connectivity index (χ1v) is 8.15. The topological polar surface area (TPSA) is 33.3 Å². The molecule has 24 heavy (non-hydrogen) atoms. The minimum atomic E-state index is 0.0519. The first-order chi connectivity index (χ1) is 11.8. The summed E-state index contributed by atoms with van der Waals surface area (Å²) in [4.78, 5) is 0. The van der Waals surface area contributed by atoms with Crippen molar-refractivity contribution in [3.8, 4) is 5.75 Å². The second-order valence-electron chi connectivity index (χ2n) is 5.95. The minimum Gasteiger partial charge on any atom is -0.497 e. The third-order valence-corrected chi connectivity index (χ3v) is 4.49. The number of fused-ring (bicyclic) bond motifs is 1. The van der Waals surface area contributed by atoms with Gasteiger partial charge in [0.15, 0.2) is 0 Å². The first kappa shape index (κ1) is 14.8. The zero-order valence-electron chi connectivity index (χ0n) is 13.6. The van der Waals surface area contributed by atoms with Crippen LogP contribution in [0.1, 0.15) is 28.9 Å². The predicted molar refractivity (Wildman–Crippen MR) is 97.2 cm³/mol. The maximum Gasteiger partial charge on any atom is 0.118 e. The molecule has 1 aliphatic rings. The molecule has 1 aliphatic heterocycles. The van der Waals surface area contributed by atoms with Gasteiger partial charge < -0.3 is 10.1 Å². The maximum absolute atomic E-state index is 5.26. The summed E-state index contributed by atoms with van der Waals surface area (Å²) in [6.07, 6.45) is 0.0519. The van der Waals surface area contributed by atoms with Crippen LogP contribution in [0, 0.1) is 0 Å². The maximum atomic E-state index is 5.26. The molecule has 0 radical (unpaired) electrons. The lowest BCUT2D eigenvalue weighted by molar-refractivity contribution is 0.414. The van der Waals surface area contributed by atoms with Crippen molar-refractivity contribution in [2.75, 3.05) is 12.4 Å². The lowest BCUT2D eigenvalue weighted by Crippen LogP contribution is -2.37. The van der Waals surface area contributed by atoms with Gasteiger partial charge >= 0.3 is 0 Å². The summed E-state index contributed by atoms with van der Waals surface area (Å²) in [5.41, 5.74) is 4.90. The van der Waals surface area contributed by atoms with Gasteiger partial charge in [-0.1, -0.05) is 60.7 Å². The van der Waals surface area contributed by atoms with Gasteiger partial charge in [-0.3, -0.25) is 5.32 Å². The first-order valence-electron chi connectivity index (χ1n) is 8.15. The lowest BCUT2D eigenvalue weighted by Gasteiger charge is -2.35. The van der Waals surface area contributed by atoms with E-state index in [1.807, 2.05) is 12.1 Å². The predicted octanol–water partition coefficient (Wildman–Crippen LogP) is 4.50. The van der Waals surface area contributed by atoms with Crippen LogP contribution >= 0.6 is 0 Å². The standard InChI is InChI=1S/C21H20N2O/c1-24-17-13-11-16(12-14-17)21-22-19-10-6-5-9-18(19)20(23-21)15-7-3-2-4-8-15/h2-14,20-23H,1H3/t20-,21-/m0/s1. The third-order valence-electron chi connectivity index (χ3n) is 4.49. The second-order valence-corrected chi connectivity index (χ2v) is 5.95. The van der Waals surface area contributed by atoms with Gasteiger partial charge in [-0.2, -0.15) is 0 Å². The van der Waals surface area contributed by atoms with Crippen molar-refractivity contribution >= 4 is 5.69 Å². The van der Waals surface area contributed by atoms with E-state index >= 15 is 0 Å². The summed E-state index contributed by atoms with van der Waals surface area (Å²) >= 11 is 0. The average molecular weight is 316 g/mol. The van der Waals surface area contributed by atoms with Gasteiger partial charge in [0.05, 0.1) is 13.2 Å². The van der Waals surface area contributed by atoms with Crippen LogP contribution in [0.15, 0.2) is 78.9 Å². The smallest absolute Gasteiger partial charge is 0.118 e. The van der Waals surface area contributed by atoms with Gasteiger partial charge in [0, 0.05) is 5.69 Å². The number of hydrogen-bond donors (Lipinski definition) is 2. The molecule has 0 amide bonds. The molecule has 4 rings (SSSR count). The minimum absolute atomic E-state index is 0.0519.